The molecular weight excluding hydrogens is 436 g/mol. The summed E-state index contributed by atoms with van der Waals surface area (Å²) in [6.07, 6.45) is 6.18. The van der Waals surface area contributed by atoms with Crippen molar-refractivity contribution in [2.24, 2.45) is 0 Å². The monoisotopic (exact) mass is 464 g/mol. The van der Waals surface area contributed by atoms with Crippen LogP contribution in [0.5, 0.6) is 5.75 Å². The molecule has 0 bridgehead atoms. The van der Waals surface area contributed by atoms with E-state index in [0.29, 0.717) is 23.9 Å². The van der Waals surface area contributed by atoms with Crippen molar-refractivity contribution < 1.29 is 23.5 Å². The normalized spacial score (nSPS) is 25.7. The molecule has 1 aromatic carbocycles. The quantitative estimate of drug-likeness (QED) is 0.628. The van der Waals surface area contributed by atoms with Crippen LogP contribution in [0.15, 0.2) is 28.8 Å². The summed E-state index contributed by atoms with van der Waals surface area (Å²) in [5, 5.41) is 2.32. The van der Waals surface area contributed by atoms with Crippen LogP contribution < -0.4 is 4.74 Å². The minimum Gasteiger partial charge on any atom is -0.489 e. The van der Waals surface area contributed by atoms with Crippen LogP contribution >= 0.6 is 0 Å². The van der Waals surface area contributed by atoms with E-state index in [-0.39, 0.29) is 43.2 Å². The molecule has 34 heavy (non-hydrogen) atoms. The van der Waals surface area contributed by atoms with Crippen molar-refractivity contribution >= 4 is 17.7 Å². The van der Waals surface area contributed by atoms with Gasteiger partial charge in [-0.2, -0.15) is 5.01 Å². The Morgan fingerprint density at radius 3 is 2.59 bits per heavy atom. The maximum Gasteiger partial charge on any atom is 0.273 e. The van der Waals surface area contributed by atoms with E-state index in [9.17, 15) is 14.4 Å². The van der Waals surface area contributed by atoms with E-state index < -0.39 is 0 Å². The SMILES string of the molecule is Cc1cnc(C2CN([C@H]3CCC[C@H]3Oc3ccc4c(c3)CN(N3C(=O)CCCC3=O)C4=O)C2)o1. The minimum atomic E-state index is -0.310. The zero-order valence-corrected chi connectivity index (χ0v) is 19.2. The van der Waals surface area contributed by atoms with Gasteiger partial charge >= 0.3 is 0 Å². The second-order valence-electron chi connectivity index (χ2n) is 9.75. The molecule has 1 aliphatic carbocycles. The summed E-state index contributed by atoms with van der Waals surface area (Å²) in [4.78, 5) is 44.3. The zero-order chi connectivity index (χ0) is 23.4. The second-order valence-corrected chi connectivity index (χ2v) is 9.75. The lowest BCUT2D eigenvalue weighted by Gasteiger charge is -2.43. The molecule has 3 aliphatic heterocycles. The van der Waals surface area contributed by atoms with Gasteiger partial charge in [-0.25, -0.2) is 9.99 Å². The first-order chi connectivity index (χ1) is 16.5. The highest BCUT2D eigenvalue weighted by molar-refractivity contribution is 6.04. The number of aryl methyl sites for hydroxylation is 1. The van der Waals surface area contributed by atoms with Crippen molar-refractivity contribution in [2.45, 2.75) is 70.1 Å². The lowest BCUT2D eigenvalue weighted by molar-refractivity contribution is -0.163. The average Bonchev–Trinajstić information content (AvgIpc) is 3.48. The number of oxazole rings is 1. The first-order valence-corrected chi connectivity index (χ1v) is 12.1. The van der Waals surface area contributed by atoms with Crippen LogP contribution in [0.3, 0.4) is 0 Å². The second kappa shape index (κ2) is 8.23. The molecule has 0 radical (unpaired) electrons. The molecule has 1 aromatic heterocycles. The van der Waals surface area contributed by atoms with E-state index in [4.69, 9.17) is 9.15 Å². The van der Waals surface area contributed by atoms with Gasteiger partial charge in [-0.05, 0) is 56.4 Å². The fraction of sp³-hybridized carbons (Fsp3) is 0.520. The number of nitrogens with zero attached hydrogens (tertiary/aromatic N) is 4. The highest BCUT2D eigenvalue weighted by atomic mass is 16.5. The topological polar surface area (TPSA) is 96.2 Å². The number of fused-ring (bicyclic) bond motifs is 1. The largest absolute Gasteiger partial charge is 0.489 e. The lowest BCUT2D eigenvalue weighted by Crippen LogP contribution is -2.54. The van der Waals surface area contributed by atoms with Gasteiger partial charge in [0.2, 0.25) is 11.8 Å². The molecule has 3 fully saturated rings. The maximum atomic E-state index is 12.9. The van der Waals surface area contributed by atoms with E-state index in [1.165, 1.54) is 5.01 Å². The maximum absolute atomic E-state index is 12.9. The molecule has 3 amide bonds. The number of aromatic nitrogens is 1. The van der Waals surface area contributed by atoms with Gasteiger partial charge in [0.1, 0.15) is 17.6 Å². The smallest absolute Gasteiger partial charge is 0.273 e. The van der Waals surface area contributed by atoms with Gasteiger partial charge in [-0.3, -0.25) is 19.3 Å². The predicted molar refractivity (Wildman–Crippen MR) is 120 cm³/mol. The molecule has 2 saturated heterocycles. The summed E-state index contributed by atoms with van der Waals surface area (Å²) in [5.74, 6) is 1.80. The van der Waals surface area contributed by atoms with E-state index >= 15 is 0 Å². The fourth-order valence-corrected chi connectivity index (χ4v) is 5.66. The van der Waals surface area contributed by atoms with Gasteiger partial charge in [-0.15, -0.1) is 0 Å². The van der Waals surface area contributed by atoms with Crippen molar-refractivity contribution in [3.63, 3.8) is 0 Å². The van der Waals surface area contributed by atoms with E-state index in [2.05, 4.69) is 9.88 Å². The Hall–Kier alpha value is -3.20. The Labute approximate surface area is 197 Å². The minimum absolute atomic E-state index is 0.0868. The molecule has 2 aromatic rings. The molecule has 1 saturated carbocycles. The average molecular weight is 465 g/mol. The number of rotatable bonds is 5. The number of benzene rings is 1. The molecular formula is C25H28N4O5. The number of hydrazine groups is 1. The summed E-state index contributed by atoms with van der Waals surface area (Å²) < 4.78 is 12.1. The van der Waals surface area contributed by atoms with Crippen molar-refractivity contribution in [3.8, 4) is 5.75 Å². The predicted octanol–water partition coefficient (Wildman–Crippen LogP) is 2.79. The molecule has 0 unspecified atom stereocenters. The molecule has 2 atom stereocenters. The number of carbonyl (C=O) groups excluding carboxylic acids is 3. The number of piperidine rings is 1. The third kappa shape index (κ3) is 3.58. The summed E-state index contributed by atoms with van der Waals surface area (Å²) in [7, 11) is 0. The van der Waals surface area contributed by atoms with Gasteiger partial charge in [-0.1, -0.05) is 0 Å². The molecule has 4 heterocycles. The Balaban J connectivity index is 1.12. The Kier molecular flexibility index (Phi) is 5.17. The van der Waals surface area contributed by atoms with E-state index in [1.807, 2.05) is 19.1 Å². The van der Waals surface area contributed by atoms with Crippen LogP contribution in [0.2, 0.25) is 0 Å². The lowest BCUT2D eigenvalue weighted by atomic mass is 9.96. The van der Waals surface area contributed by atoms with Crippen molar-refractivity contribution in [3.05, 3.63) is 47.2 Å². The standard InChI is InChI=1S/C25H28N4O5/c1-15-11-26-24(33-15)17-12-27(13-17)20-4-2-5-21(20)34-18-8-9-19-16(10-18)14-28(25(19)32)29-22(30)6-3-7-23(29)31/h8-11,17,20-21H,2-7,12-14H2,1H3/t20-,21+/m0/s1. The first-order valence-electron chi connectivity index (χ1n) is 12.1. The van der Waals surface area contributed by atoms with Gasteiger partial charge in [0.25, 0.3) is 5.91 Å². The fourth-order valence-electron chi connectivity index (χ4n) is 5.66. The van der Waals surface area contributed by atoms with Crippen LogP contribution in [0, 0.1) is 6.92 Å². The van der Waals surface area contributed by atoms with Crippen molar-refractivity contribution in [1.29, 1.82) is 0 Å². The molecule has 9 nitrogen and oxygen atoms in total. The summed E-state index contributed by atoms with van der Waals surface area (Å²) >= 11 is 0. The summed E-state index contributed by atoms with van der Waals surface area (Å²) in [6, 6.07) is 5.81. The highest BCUT2D eigenvalue weighted by Gasteiger charge is 2.43. The molecule has 6 rings (SSSR count). The number of imide groups is 1. The van der Waals surface area contributed by atoms with E-state index in [1.54, 1.807) is 12.3 Å². The number of hydrogen-bond acceptors (Lipinski definition) is 7. The molecule has 0 spiro atoms. The number of hydrogen-bond donors (Lipinski definition) is 0. The van der Waals surface area contributed by atoms with Gasteiger partial charge in [0.05, 0.1) is 18.7 Å². The van der Waals surface area contributed by atoms with Crippen LogP contribution in [0.25, 0.3) is 0 Å². The van der Waals surface area contributed by atoms with Crippen LogP contribution in [-0.4, -0.2) is 62.9 Å². The van der Waals surface area contributed by atoms with Crippen LogP contribution in [0.1, 0.15) is 72.0 Å². The molecule has 4 aliphatic rings. The Bertz CT molecular complexity index is 1140. The van der Waals surface area contributed by atoms with Gasteiger partial charge < -0.3 is 9.15 Å². The van der Waals surface area contributed by atoms with Gasteiger partial charge in [0.15, 0.2) is 5.89 Å². The van der Waals surface area contributed by atoms with E-state index in [0.717, 1.165) is 60.3 Å². The molecule has 9 heteroatoms. The zero-order valence-electron chi connectivity index (χ0n) is 19.2. The Morgan fingerprint density at radius 1 is 1.06 bits per heavy atom. The summed E-state index contributed by atoms with van der Waals surface area (Å²) in [6.45, 7) is 3.98. The number of carbonyl (C=O) groups is 3. The van der Waals surface area contributed by atoms with Gasteiger partial charge in [0, 0.05) is 37.5 Å². The number of likely N-dealkylation sites (tertiary alicyclic amines) is 1. The third-order valence-electron chi connectivity index (χ3n) is 7.43. The first kappa shape index (κ1) is 21.3. The van der Waals surface area contributed by atoms with Crippen LogP contribution in [-0.2, 0) is 16.1 Å². The van der Waals surface area contributed by atoms with Crippen molar-refractivity contribution in [2.75, 3.05) is 13.1 Å². The summed E-state index contributed by atoms with van der Waals surface area (Å²) in [5.41, 5.74) is 1.31. The third-order valence-corrected chi connectivity index (χ3v) is 7.43. The van der Waals surface area contributed by atoms with Crippen molar-refractivity contribution in [1.82, 2.24) is 19.9 Å². The molecule has 0 N–H and O–H groups in total. The Morgan fingerprint density at radius 2 is 1.85 bits per heavy atom. The highest BCUT2D eigenvalue weighted by Crippen LogP contribution is 2.37. The number of amides is 3. The number of ether oxygens (including phenoxy) is 1. The van der Waals surface area contributed by atoms with Crippen LogP contribution in [0.4, 0.5) is 0 Å². The molecule has 178 valence electrons.